The summed E-state index contributed by atoms with van der Waals surface area (Å²) >= 11 is 0. The van der Waals surface area contributed by atoms with Crippen LogP contribution in [0.25, 0.3) is 5.65 Å². The number of alkyl halides is 3. The number of rotatable bonds is 5. The van der Waals surface area contributed by atoms with Crippen molar-refractivity contribution in [2.75, 3.05) is 26.1 Å². The largest absolute Gasteiger partial charge is 0.490 e. The number of ether oxygens (including phenoxy) is 3. The third-order valence-corrected chi connectivity index (χ3v) is 6.38. The van der Waals surface area contributed by atoms with Gasteiger partial charge in [-0.15, -0.1) is 0 Å². The predicted molar refractivity (Wildman–Crippen MR) is 122 cm³/mol. The van der Waals surface area contributed by atoms with Crippen LogP contribution < -0.4 is 14.8 Å². The van der Waals surface area contributed by atoms with Gasteiger partial charge in [-0.1, -0.05) is 0 Å². The smallest absolute Gasteiger partial charge is 0.480 e. The minimum atomic E-state index is -5.08. The number of halogens is 3. The Labute approximate surface area is 208 Å². The lowest BCUT2D eigenvalue weighted by Gasteiger charge is -2.24. The highest BCUT2D eigenvalue weighted by molar-refractivity contribution is 6.05. The van der Waals surface area contributed by atoms with E-state index in [1.807, 2.05) is 10.6 Å². The first-order valence-electron chi connectivity index (χ1n) is 11.1. The van der Waals surface area contributed by atoms with Crippen LogP contribution in [0.5, 0.6) is 11.8 Å². The molecule has 14 heteroatoms. The van der Waals surface area contributed by atoms with Gasteiger partial charge in [-0.05, 0) is 38.3 Å². The number of pyridine rings is 1. The molecule has 1 aliphatic carbocycles. The first-order chi connectivity index (χ1) is 17.4. The van der Waals surface area contributed by atoms with Crippen LogP contribution in [0.3, 0.4) is 0 Å². The third-order valence-electron chi connectivity index (χ3n) is 6.38. The van der Waals surface area contributed by atoms with E-state index in [1.165, 1.54) is 14.2 Å². The van der Waals surface area contributed by atoms with Crippen LogP contribution in [0.15, 0.2) is 30.7 Å². The average Bonchev–Trinajstić information content (AvgIpc) is 3.54. The van der Waals surface area contributed by atoms with Crippen LogP contribution in [0.4, 0.5) is 19.0 Å². The zero-order valence-electron chi connectivity index (χ0n) is 20.1. The minimum Gasteiger partial charge on any atom is -0.480 e. The number of nitrogens with one attached hydrogen (secondary N) is 1. The van der Waals surface area contributed by atoms with Gasteiger partial charge in [0.05, 0.1) is 38.3 Å². The van der Waals surface area contributed by atoms with Gasteiger partial charge in [0.15, 0.2) is 5.82 Å². The molecular weight excluding hydrogens is 499 g/mol. The summed E-state index contributed by atoms with van der Waals surface area (Å²) in [7, 11) is 3.01. The van der Waals surface area contributed by atoms with Gasteiger partial charge in [0.2, 0.25) is 11.5 Å². The molecule has 5 rings (SSSR count). The molecule has 1 amide bonds. The number of aliphatic carboxylic acids is 1. The van der Waals surface area contributed by atoms with Gasteiger partial charge in [-0.3, -0.25) is 9.20 Å². The van der Waals surface area contributed by atoms with E-state index in [0.717, 1.165) is 25.0 Å². The number of carbonyl (C=O) groups is 2. The Morgan fingerprint density at radius 2 is 1.86 bits per heavy atom. The fourth-order valence-electron chi connectivity index (χ4n) is 4.58. The van der Waals surface area contributed by atoms with Gasteiger partial charge >= 0.3 is 12.1 Å². The lowest BCUT2D eigenvalue weighted by atomic mass is 9.84. The summed E-state index contributed by atoms with van der Waals surface area (Å²) in [5.74, 6) is -2.20. The Kier molecular flexibility index (Phi) is 6.71. The van der Waals surface area contributed by atoms with Crippen molar-refractivity contribution in [1.29, 1.82) is 0 Å². The fraction of sp³-hybridized carbons (Fsp3) is 0.435. The van der Waals surface area contributed by atoms with Crippen molar-refractivity contribution in [2.24, 2.45) is 0 Å². The summed E-state index contributed by atoms with van der Waals surface area (Å²) in [6, 6.07) is 3.32. The van der Waals surface area contributed by atoms with Gasteiger partial charge in [-0.25, -0.2) is 14.8 Å². The number of fused-ring (bicyclic) bond motifs is 3. The van der Waals surface area contributed by atoms with E-state index in [9.17, 15) is 18.0 Å². The van der Waals surface area contributed by atoms with Gasteiger partial charge in [-0.2, -0.15) is 18.2 Å². The molecule has 11 nitrogen and oxygen atoms in total. The molecule has 2 aliphatic rings. The fourth-order valence-corrected chi connectivity index (χ4v) is 4.58. The Morgan fingerprint density at radius 1 is 1.16 bits per heavy atom. The molecule has 3 aromatic heterocycles. The molecule has 1 saturated carbocycles. The lowest BCUT2D eigenvalue weighted by Crippen LogP contribution is -2.26. The summed E-state index contributed by atoms with van der Waals surface area (Å²) in [5.41, 5.74) is 1.78. The third kappa shape index (κ3) is 5.14. The van der Waals surface area contributed by atoms with Crippen molar-refractivity contribution in [2.45, 2.75) is 43.4 Å². The summed E-state index contributed by atoms with van der Waals surface area (Å²) in [6.07, 6.45) is 3.24. The summed E-state index contributed by atoms with van der Waals surface area (Å²) in [6.45, 7) is 2.84. The molecule has 198 valence electrons. The molecule has 3 aromatic rings. The maximum atomic E-state index is 12.7. The molecule has 4 heterocycles. The number of hydrogen-bond acceptors (Lipinski definition) is 8. The molecule has 2 unspecified atom stereocenters. The van der Waals surface area contributed by atoms with E-state index in [4.69, 9.17) is 29.1 Å². The molecule has 37 heavy (non-hydrogen) atoms. The topological polar surface area (TPSA) is 137 Å². The standard InChI is InChI=1S/C21H23N5O4.C2HF3O2/c1-20-6-7-21(11-20,12-30-20)14-9-26-10-15(25-19(29-3)16(26)23-14)24-17(27)13-5-4-8-22-18(13)28-2;3-2(4,5)1(6)7/h4-5,8-10H,6-7,11-12H2,1-3H3,(H,24,27);(H,6,7). The quantitative estimate of drug-likeness (QED) is 0.516. The zero-order valence-corrected chi connectivity index (χ0v) is 20.1. The number of carboxylic acids is 1. The SMILES string of the molecule is COc1ncccc1C(=O)Nc1cn2cc(C34CCC(C)(C3)OC4)nc2c(OC)n1.O=C(O)C(F)(F)F. The Hall–Kier alpha value is -3.94. The van der Waals surface area contributed by atoms with Gasteiger partial charge in [0.1, 0.15) is 5.56 Å². The van der Waals surface area contributed by atoms with Crippen molar-refractivity contribution in [3.05, 3.63) is 42.0 Å². The van der Waals surface area contributed by atoms with Crippen LogP contribution in [0.1, 0.15) is 42.2 Å². The second-order valence-electron chi connectivity index (χ2n) is 9.01. The predicted octanol–water partition coefficient (Wildman–Crippen LogP) is 3.24. The molecule has 1 aliphatic heterocycles. The van der Waals surface area contributed by atoms with Crippen molar-refractivity contribution in [3.8, 4) is 11.8 Å². The second-order valence-corrected chi connectivity index (χ2v) is 9.01. The lowest BCUT2D eigenvalue weighted by molar-refractivity contribution is -0.192. The van der Waals surface area contributed by atoms with Crippen LogP contribution in [-0.2, 0) is 14.9 Å². The van der Waals surface area contributed by atoms with Crippen LogP contribution in [0, 0.1) is 0 Å². The Bertz CT molecular complexity index is 1330. The Balaban J connectivity index is 0.000000405. The molecular formula is C23H24F3N5O6. The zero-order chi connectivity index (χ0) is 27.0. The minimum absolute atomic E-state index is 0.0555. The molecule has 0 radical (unpaired) electrons. The number of carboxylic acid groups (broad SMARTS) is 1. The normalized spacial score (nSPS) is 22.3. The molecule has 0 aromatic carbocycles. The highest BCUT2D eigenvalue weighted by Gasteiger charge is 2.55. The summed E-state index contributed by atoms with van der Waals surface area (Å²) in [5, 5.41) is 9.92. The maximum Gasteiger partial charge on any atom is 0.490 e. The first kappa shape index (κ1) is 26.1. The number of hydrogen-bond donors (Lipinski definition) is 2. The number of nitrogens with zero attached hydrogens (tertiary/aromatic N) is 4. The second kappa shape index (κ2) is 9.50. The number of carbonyl (C=O) groups excluding carboxylic acids is 1. The van der Waals surface area contributed by atoms with E-state index in [2.05, 4.69) is 22.2 Å². The number of imidazole rings is 1. The van der Waals surface area contributed by atoms with Crippen molar-refractivity contribution >= 4 is 23.3 Å². The van der Waals surface area contributed by atoms with E-state index < -0.39 is 12.1 Å². The van der Waals surface area contributed by atoms with E-state index in [0.29, 0.717) is 29.5 Å². The Morgan fingerprint density at radius 3 is 2.41 bits per heavy atom. The van der Waals surface area contributed by atoms with E-state index >= 15 is 0 Å². The van der Waals surface area contributed by atoms with E-state index in [1.54, 1.807) is 24.5 Å². The molecule has 2 bridgehead atoms. The van der Waals surface area contributed by atoms with Crippen LogP contribution >= 0.6 is 0 Å². The first-order valence-corrected chi connectivity index (χ1v) is 11.1. The van der Waals surface area contributed by atoms with Crippen molar-refractivity contribution in [1.82, 2.24) is 19.4 Å². The summed E-state index contributed by atoms with van der Waals surface area (Å²) in [4.78, 5) is 34.9. The number of anilines is 1. The van der Waals surface area contributed by atoms with Gasteiger partial charge < -0.3 is 24.6 Å². The van der Waals surface area contributed by atoms with Gasteiger partial charge in [0, 0.05) is 17.8 Å². The van der Waals surface area contributed by atoms with Crippen molar-refractivity contribution < 1.29 is 42.1 Å². The monoisotopic (exact) mass is 523 g/mol. The van der Waals surface area contributed by atoms with Crippen LogP contribution in [-0.4, -0.2) is 68.9 Å². The molecule has 1 saturated heterocycles. The van der Waals surface area contributed by atoms with Crippen molar-refractivity contribution in [3.63, 3.8) is 0 Å². The maximum absolute atomic E-state index is 12.7. The van der Waals surface area contributed by atoms with E-state index in [-0.39, 0.29) is 22.8 Å². The highest BCUT2D eigenvalue weighted by atomic mass is 19.4. The highest BCUT2D eigenvalue weighted by Crippen LogP contribution is 2.53. The molecule has 0 spiro atoms. The summed E-state index contributed by atoms with van der Waals surface area (Å²) < 4.78 is 50.2. The average molecular weight is 523 g/mol. The number of methoxy groups -OCH3 is 2. The number of aromatic nitrogens is 4. The molecule has 2 atom stereocenters. The van der Waals surface area contributed by atoms with Crippen LogP contribution in [0.2, 0.25) is 0 Å². The van der Waals surface area contributed by atoms with Gasteiger partial charge in [0.25, 0.3) is 11.8 Å². The molecule has 2 N–H and O–H groups in total. The number of amides is 1. The molecule has 2 fully saturated rings.